The van der Waals surface area contributed by atoms with Crippen molar-refractivity contribution in [2.45, 2.75) is 27.7 Å². The molecule has 118 valence electrons. The first-order valence-electron chi connectivity index (χ1n) is 6.85. The van der Waals surface area contributed by atoms with Crippen molar-refractivity contribution in [2.24, 2.45) is 11.8 Å². The van der Waals surface area contributed by atoms with Crippen molar-refractivity contribution in [1.29, 1.82) is 0 Å². The summed E-state index contributed by atoms with van der Waals surface area (Å²) < 4.78 is 10.3. The van der Waals surface area contributed by atoms with E-state index in [-0.39, 0.29) is 29.1 Å². The van der Waals surface area contributed by atoms with Crippen LogP contribution in [0.2, 0.25) is 0 Å². The Hall–Kier alpha value is -1.88. The molecule has 1 aromatic rings. The Morgan fingerprint density at radius 3 is 1.48 bits per heavy atom. The molecule has 0 aliphatic heterocycles. The van der Waals surface area contributed by atoms with Gasteiger partial charge < -0.3 is 15.6 Å². The molecule has 0 radical (unpaired) electrons. The Morgan fingerprint density at radius 2 is 1.19 bits per heavy atom. The van der Waals surface area contributed by atoms with Gasteiger partial charge in [-0.15, -0.1) is 0 Å². The zero-order valence-corrected chi connectivity index (χ0v) is 13.2. The molecule has 21 heavy (non-hydrogen) atoms. The van der Waals surface area contributed by atoms with Gasteiger partial charge in [0, 0.05) is 0 Å². The molecule has 0 fully saturated rings. The van der Waals surface area contributed by atoms with Crippen LogP contribution in [0.5, 0.6) is 0 Å². The third-order valence-corrected chi connectivity index (χ3v) is 2.46. The first kappa shape index (κ1) is 19.1. The molecule has 0 atom stereocenters. The second kappa shape index (κ2) is 9.13. The molecule has 5 nitrogen and oxygen atoms in total. The molecule has 0 aliphatic rings. The third kappa shape index (κ3) is 6.40. The number of hydrogen-bond donors (Lipinski definition) is 1. The molecule has 0 bridgehead atoms. The van der Waals surface area contributed by atoms with Crippen molar-refractivity contribution in [1.82, 2.24) is 6.15 Å². The van der Waals surface area contributed by atoms with E-state index in [1.807, 2.05) is 27.7 Å². The van der Waals surface area contributed by atoms with E-state index in [1.165, 1.54) is 0 Å². The number of carbonyl (C=O) groups is 2. The predicted octanol–water partition coefficient (Wildman–Crippen LogP) is 3.47. The summed E-state index contributed by atoms with van der Waals surface area (Å²) in [6, 6.07) is 6.56. The fraction of sp³-hybridized carbons (Fsp3) is 0.500. The maximum absolute atomic E-state index is 12.0. The molecule has 1 rings (SSSR count). The average molecular weight is 295 g/mol. The monoisotopic (exact) mass is 295 g/mol. The number of ether oxygens (including phenoxy) is 2. The average Bonchev–Trinajstić information content (AvgIpc) is 2.42. The summed E-state index contributed by atoms with van der Waals surface area (Å²) in [7, 11) is 0. The van der Waals surface area contributed by atoms with Crippen molar-refractivity contribution < 1.29 is 19.1 Å². The Balaban J connectivity index is 0.00000400. The summed E-state index contributed by atoms with van der Waals surface area (Å²) in [5.74, 6) is -0.482. The Labute approximate surface area is 126 Å². The lowest BCUT2D eigenvalue weighted by atomic mass is 10.1. The molecule has 0 aromatic heterocycles. The van der Waals surface area contributed by atoms with E-state index < -0.39 is 11.9 Å². The smallest absolute Gasteiger partial charge is 0.339 e. The normalized spacial score (nSPS) is 10.2. The summed E-state index contributed by atoms with van der Waals surface area (Å²) in [6.07, 6.45) is 0. The standard InChI is InChI=1S/C16H22O4.H3N/c1-11(2)9-19-15(17)13-7-5-6-8-14(13)16(18)20-10-12(3)4;/h5-8,11-12H,9-10H2,1-4H3;1H3. The van der Waals surface area contributed by atoms with Crippen LogP contribution in [0.25, 0.3) is 0 Å². The van der Waals surface area contributed by atoms with E-state index in [0.29, 0.717) is 13.2 Å². The predicted molar refractivity (Wildman–Crippen MR) is 81.7 cm³/mol. The minimum absolute atomic E-state index is 0. The van der Waals surface area contributed by atoms with Gasteiger partial charge in [-0.05, 0) is 24.0 Å². The Morgan fingerprint density at radius 1 is 0.857 bits per heavy atom. The molecule has 0 saturated carbocycles. The first-order chi connectivity index (χ1) is 9.41. The van der Waals surface area contributed by atoms with Gasteiger partial charge in [0.1, 0.15) is 0 Å². The maximum Gasteiger partial charge on any atom is 0.339 e. The molecular formula is C16H25NO4. The summed E-state index contributed by atoms with van der Waals surface area (Å²) in [5.41, 5.74) is 0.504. The fourth-order valence-electron chi connectivity index (χ4n) is 1.48. The minimum atomic E-state index is -0.490. The maximum atomic E-state index is 12.0. The fourth-order valence-corrected chi connectivity index (χ4v) is 1.48. The van der Waals surface area contributed by atoms with Gasteiger partial charge in [-0.2, -0.15) is 0 Å². The van der Waals surface area contributed by atoms with E-state index in [2.05, 4.69) is 0 Å². The van der Waals surface area contributed by atoms with Crippen LogP contribution in [0.1, 0.15) is 48.4 Å². The molecule has 0 aliphatic carbocycles. The second-order valence-electron chi connectivity index (χ2n) is 5.53. The van der Waals surface area contributed by atoms with Crippen LogP contribution < -0.4 is 6.15 Å². The molecular weight excluding hydrogens is 270 g/mol. The van der Waals surface area contributed by atoms with Gasteiger partial charge >= 0.3 is 11.9 Å². The van der Waals surface area contributed by atoms with Crippen molar-refractivity contribution in [3.8, 4) is 0 Å². The molecule has 0 heterocycles. The number of benzene rings is 1. The van der Waals surface area contributed by atoms with Crippen LogP contribution in [0, 0.1) is 11.8 Å². The van der Waals surface area contributed by atoms with E-state index in [9.17, 15) is 9.59 Å². The van der Waals surface area contributed by atoms with Gasteiger partial charge in [0.05, 0.1) is 24.3 Å². The van der Waals surface area contributed by atoms with Crippen LogP contribution in [0.15, 0.2) is 24.3 Å². The summed E-state index contributed by atoms with van der Waals surface area (Å²) in [4.78, 5) is 24.0. The van der Waals surface area contributed by atoms with E-state index in [4.69, 9.17) is 9.47 Å². The van der Waals surface area contributed by atoms with Crippen LogP contribution in [-0.4, -0.2) is 25.2 Å². The van der Waals surface area contributed by atoms with E-state index in [0.717, 1.165) is 0 Å². The first-order valence-corrected chi connectivity index (χ1v) is 6.85. The van der Waals surface area contributed by atoms with Crippen molar-refractivity contribution >= 4 is 11.9 Å². The Bertz CT molecular complexity index is 426. The minimum Gasteiger partial charge on any atom is -0.462 e. The lowest BCUT2D eigenvalue weighted by Gasteiger charge is -2.11. The quantitative estimate of drug-likeness (QED) is 0.812. The van der Waals surface area contributed by atoms with Gasteiger partial charge in [0.15, 0.2) is 0 Å². The lowest BCUT2D eigenvalue weighted by Crippen LogP contribution is -2.17. The molecule has 1 aromatic carbocycles. The van der Waals surface area contributed by atoms with Gasteiger partial charge in [0.25, 0.3) is 0 Å². The second-order valence-corrected chi connectivity index (χ2v) is 5.53. The number of rotatable bonds is 6. The molecule has 0 amide bonds. The summed E-state index contributed by atoms with van der Waals surface area (Å²) >= 11 is 0. The SMILES string of the molecule is CC(C)COC(=O)c1ccccc1C(=O)OCC(C)C.N. The Kier molecular flexibility index (Phi) is 8.31. The van der Waals surface area contributed by atoms with Crippen molar-refractivity contribution in [3.63, 3.8) is 0 Å². The molecule has 0 saturated heterocycles. The molecule has 0 spiro atoms. The molecule has 5 heteroatoms. The zero-order chi connectivity index (χ0) is 15.1. The number of hydrogen-bond acceptors (Lipinski definition) is 5. The van der Waals surface area contributed by atoms with Crippen LogP contribution in [0.4, 0.5) is 0 Å². The van der Waals surface area contributed by atoms with Crippen LogP contribution >= 0.6 is 0 Å². The highest BCUT2D eigenvalue weighted by atomic mass is 16.5. The number of carbonyl (C=O) groups excluding carboxylic acids is 2. The van der Waals surface area contributed by atoms with Crippen molar-refractivity contribution in [2.75, 3.05) is 13.2 Å². The van der Waals surface area contributed by atoms with Crippen LogP contribution in [0.3, 0.4) is 0 Å². The topological polar surface area (TPSA) is 87.6 Å². The summed E-state index contributed by atoms with van der Waals surface area (Å²) in [6.45, 7) is 8.47. The third-order valence-electron chi connectivity index (χ3n) is 2.46. The van der Waals surface area contributed by atoms with Gasteiger partial charge in [-0.25, -0.2) is 9.59 Å². The van der Waals surface area contributed by atoms with Crippen molar-refractivity contribution in [3.05, 3.63) is 35.4 Å². The molecule has 3 N–H and O–H groups in total. The highest BCUT2D eigenvalue weighted by Gasteiger charge is 2.19. The summed E-state index contributed by atoms with van der Waals surface area (Å²) in [5, 5.41) is 0. The van der Waals surface area contributed by atoms with Gasteiger partial charge in [-0.1, -0.05) is 39.8 Å². The van der Waals surface area contributed by atoms with E-state index in [1.54, 1.807) is 24.3 Å². The number of esters is 2. The van der Waals surface area contributed by atoms with Gasteiger partial charge in [0.2, 0.25) is 0 Å². The van der Waals surface area contributed by atoms with Crippen LogP contribution in [-0.2, 0) is 9.47 Å². The van der Waals surface area contributed by atoms with Gasteiger partial charge in [-0.3, -0.25) is 0 Å². The largest absolute Gasteiger partial charge is 0.462 e. The molecule has 0 unspecified atom stereocenters. The highest BCUT2D eigenvalue weighted by Crippen LogP contribution is 2.13. The highest BCUT2D eigenvalue weighted by molar-refractivity contribution is 6.03. The zero-order valence-electron chi connectivity index (χ0n) is 13.2. The van der Waals surface area contributed by atoms with E-state index >= 15 is 0 Å². The lowest BCUT2D eigenvalue weighted by molar-refractivity contribution is 0.0412.